The van der Waals surface area contributed by atoms with Crippen LogP contribution in [-0.4, -0.2) is 34.8 Å². The third-order valence-corrected chi connectivity index (χ3v) is 10.6. The van der Waals surface area contributed by atoms with E-state index >= 15 is 0 Å². The quantitative estimate of drug-likeness (QED) is 0.347. The van der Waals surface area contributed by atoms with Crippen LogP contribution < -0.4 is 10.8 Å². The van der Waals surface area contributed by atoms with Gasteiger partial charge in [-0.1, -0.05) is 26.7 Å². The third kappa shape index (κ3) is 4.34. The Kier molecular flexibility index (Phi) is 7.21. The Hall–Kier alpha value is -1.14. The summed E-state index contributed by atoms with van der Waals surface area (Å²) >= 11 is 0. The lowest BCUT2D eigenvalue weighted by Gasteiger charge is -2.62. The molecule has 8 atom stereocenters. The normalized spacial score (nSPS) is 43.0. The molecule has 2 amide bonds. The first-order valence-corrected chi connectivity index (χ1v) is 13.2. The number of amides is 2. The fourth-order valence-electron chi connectivity index (χ4n) is 8.81. The molecule has 6 nitrogen and oxygen atoms in total. The van der Waals surface area contributed by atoms with Crippen molar-refractivity contribution in [1.29, 1.82) is 0 Å². The summed E-state index contributed by atoms with van der Waals surface area (Å²) in [6.45, 7) is 5.30. The van der Waals surface area contributed by atoms with Crippen LogP contribution in [0.15, 0.2) is 0 Å². The van der Waals surface area contributed by atoms with E-state index in [1.165, 1.54) is 51.4 Å². The minimum absolute atomic E-state index is 0.0156. The second-order valence-electron chi connectivity index (χ2n) is 11.9. The molecule has 0 bridgehead atoms. The van der Waals surface area contributed by atoms with Gasteiger partial charge in [0.25, 0.3) is 0 Å². The van der Waals surface area contributed by atoms with Gasteiger partial charge in [-0.2, -0.15) is 0 Å². The van der Waals surface area contributed by atoms with E-state index in [1.807, 2.05) is 0 Å². The zero-order valence-electron chi connectivity index (χ0n) is 20.1. The zero-order chi connectivity index (χ0) is 22.9. The van der Waals surface area contributed by atoms with Gasteiger partial charge in [-0.25, -0.2) is 5.48 Å². The van der Waals surface area contributed by atoms with Crippen LogP contribution in [0.3, 0.4) is 0 Å². The van der Waals surface area contributed by atoms with Crippen LogP contribution in [0, 0.1) is 40.4 Å². The smallest absolute Gasteiger partial charge is 0.245 e. The van der Waals surface area contributed by atoms with Crippen molar-refractivity contribution in [1.82, 2.24) is 10.8 Å². The molecule has 0 heterocycles. The van der Waals surface area contributed by atoms with E-state index in [1.54, 1.807) is 5.48 Å². The fraction of sp³-hybridized carbons (Fsp3) is 0.923. The maximum Gasteiger partial charge on any atom is 0.245 e. The van der Waals surface area contributed by atoms with Crippen LogP contribution in [0.1, 0.15) is 97.3 Å². The Morgan fingerprint density at radius 2 is 1.72 bits per heavy atom. The number of fused-ring (bicyclic) bond motifs is 5. The molecule has 4 fully saturated rings. The van der Waals surface area contributed by atoms with E-state index in [2.05, 4.69) is 19.2 Å². The maximum atomic E-state index is 12.1. The highest BCUT2D eigenvalue weighted by Gasteiger charge is 2.61. The van der Waals surface area contributed by atoms with Gasteiger partial charge in [0.2, 0.25) is 11.8 Å². The molecule has 0 saturated heterocycles. The summed E-state index contributed by atoms with van der Waals surface area (Å²) in [7, 11) is 0. The SMILES string of the molecule is CC12CCC3[C@@H](C(O)CC4CCCCC43C)C1CCC2CCCC(=O)NCCC(=O)NO. The maximum absolute atomic E-state index is 12.1. The first kappa shape index (κ1) is 24.0. The Morgan fingerprint density at radius 1 is 0.938 bits per heavy atom. The highest BCUT2D eigenvalue weighted by molar-refractivity contribution is 5.78. The predicted molar refractivity (Wildman–Crippen MR) is 123 cm³/mol. The third-order valence-electron chi connectivity index (χ3n) is 10.6. The van der Waals surface area contributed by atoms with Gasteiger partial charge in [-0.05, 0) is 98.2 Å². The van der Waals surface area contributed by atoms with E-state index in [4.69, 9.17) is 5.21 Å². The van der Waals surface area contributed by atoms with Gasteiger partial charge in [-0.3, -0.25) is 14.8 Å². The minimum Gasteiger partial charge on any atom is -0.393 e. The van der Waals surface area contributed by atoms with Crippen molar-refractivity contribution in [2.75, 3.05) is 6.54 Å². The number of hydrogen-bond donors (Lipinski definition) is 4. The van der Waals surface area contributed by atoms with Crippen molar-refractivity contribution in [2.24, 2.45) is 40.4 Å². The largest absolute Gasteiger partial charge is 0.393 e. The molecule has 4 aliphatic carbocycles. The molecule has 4 rings (SSSR count). The molecule has 0 radical (unpaired) electrons. The number of aliphatic hydroxyl groups is 1. The predicted octanol–water partition coefficient (Wildman–Crippen LogP) is 4.19. The summed E-state index contributed by atoms with van der Waals surface area (Å²) in [5.74, 6) is 2.66. The number of hydrogen-bond acceptors (Lipinski definition) is 4. The van der Waals surface area contributed by atoms with E-state index in [0.717, 1.165) is 25.2 Å². The van der Waals surface area contributed by atoms with E-state index in [-0.39, 0.29) is 25.0 Å². The van der Waals surface area contributed by atoms with Gasteiger partial charge in [0.15, 0.2) is 0 Å². The van der Waals surface area contributed by atoms with Crippen LogP contribution in [0.4, 0.5) is 0 Å². The van der Waals surface area contributed by atoms with Gasteiger partial charge in [0.1, 0.15) is 0 Å². The summed E-state index contributed by atoms with van der Waals surface area (Å²) in [6, 6.07) is 0. The van der Waals surface area contributed by atoms with Gasteiger partial charge >= 0.3 is 0 Å². The molecule has 182 valence electrons. The van der Waals surface area contributed by atoms with Crippen LogP contribution >= 0.6 is 0 Å². The van der Waals surface area contributed by atoms with Crippen LogP contribution in [0.5, 0.6) is 0 Å². The van der Waals surface area contributed by atoms with Crippen LogP contribution in [0.2, 0.25) is 0 Å². The molecule has 4 N–H and O–H groups in total. The molecule has 0 spiro atoms. The molecular formula is C26H44N2O4. The lowest BCUT2D eigenvalue weighted by molar-refractivity contribution is -0.162. The van der Waals surface area contributed by atoms with Crippen molar-refractivity contribution in [2.45, 2.75) is 103 Å². The molecule has 0 aromatic rings. The number of rotatable bonds is 7. The minimum atomic E-state index is -0.482. The number of carbonyl (C=O) groups excluding carboxylic acids is 2. The first-order chi connectivity index (χ1) is 15.3. The summed E-state index contributed by atoms with van der Waals surface area (Å²) in [5, 5.41) is 22.6. The second kappa shape index (κ2) is 9.61. The van der Waals surface area contributed by atoms with Crippen molar-refractivity contribution < 1.29 is 19.9 Å². The molecule has 6 heteroatoms. The van der Waals surface area contributed by atoms with Crippen LogP contribution in [-0.2, 0) is 9.59 Å². The summed E-state index contributed by atoms with van der Waals surface area (Å²) in [4.78, 5) is 23.2. The fourth-order valence-corrected chi connectivity index (χ4v) is 8.81. The molecule has 4 aliphatic rings. The lowest BCUT2D eigenvalue weighted by Crippen LogP contribution is -2.57. The summed E-state index contributed by atoms with van der Waals surface area (Å²) < 4.78 is 0. The Labute approximate surface area is 193 Å². The van der Waals surface area contributed by atoms with Crippen LogP contribution in [0.25, 0.3) is 0 Å². The van der Waals surface area contributed by atoms with E-state index < -0.39 is 5.91 Å². The van der Waals surface area contributed by atoms with Gasteiger partial charge in [0, 0.05) is 19.4 Å². The van der Waals surface area contributed by atoms with Gasteiger partial charge < -0.3 is 10.4 Å². The van der Waals surface area contributed by atoms with E-state index in [0.29, 0.717) is 40.9 Å². The first-order valence-electron chi connectivity index (χ1n) is 13.2. The highest BCUT2D eigenvalue weighted by atomic mass is 16.5. The van der Waals surface area contributed by atoms with E-state index in [9.17, 15) is 14.7 Å². The standard InChI is InChI=1S/C26H44N2O4/c1-25-13-4-3-6-18(25)16-21(29)24-19-10-9-17(26(19,2)14-11-20(24)25)7-5-8-22(30)27-15-12-23(31)28-32/h17-21,24,29,32H,3-16H2,1-2H3,(H,27,30)(H,28,31)/t17?,18?,19?,20?,21?,24-,25?,26?/m0/s1. The van der Waals surface area contributed by atoms with Gasteiger partial charge in [0.05, 0.1) is 6.10 Å². The average Bonchev–Trinajstić information content (AvgIpc) is 3.10. The number of hydroxylamine groups is 1. The van der Waals surface area contributed by atoms with Gasteiger partial charge in [-0.15, -0.1) is 0 Å². The van der Waals surface area contributed by atoms with Crippen molar-refractivity contribution >= 4 is 11.8 Å². The molecular weight excluding hydrogens is 404 g/mol. The Bertz CT molecular complexity index is 699. The monoisotopic (exact) mass is 448 g/mol. The number of aliphatic hydroxyl groups excluding tert-OH is 1. The number of nitrogens with one attached hydrogen (secondary N) is 2. The number of carbonyl (C=O) groups is 2. The summed E-state index contributed by atoms with van der Waals surface area (Å²) in [5.41, 5.74) is 2.32. The summed E-state index contributed by atoms with van der Waals surface area (Å²) in [6.07, 6.45) is 13.8. The second-order valence-corrected chi connectivity index (χ2v) is 11.9. The topological polar surface area (TPSA) is 98.7 Å². The molecule has 32 heavy (non-hydrogen) atoms. The van der Waals surface area contributed by atoms with Crippen molar-refractivity contribution in [3.8, 4) is 0 Å². The molecule has 0 aromatic carbocycles. The highest BCUT2D eigenvalue weighted by Crippen LogP contribution is 2.67. The molecule has 0 aliphatic heterocycles. The molecule has 0 aromatic heterocycles. The Balaban J connectivity index is 1.32. The lowest BCUT2D eigenvalue weighted by atomic mass is 9.44. The van der Waals surface area contributed by atoms with Crippen molar-refractivity contribution in [3.63, 3.8) is 0 Å². The molecule has 7 unspecified atom stereocenters. The Morgan fingerprint density at radius 3 is 2.50 bits per heavy atom. The molecule has 4 saturated carbocycles. The zero-order valence-corrected chi connectivity index (χ0v) is 20.1. The van der Waals surface area contributed by atoms with Crippen molar-refractivity contribution in [3.05, 3.63) is 0 Å². The average molecular weight is 449 g/mol.